The molecule has 0 bridgehead atoms. The van der Waals surface area contributed by atoms with Gasteiger partial charge in [0.25, 0.3) is 5.69 Å². The van der Waals surface area contributed by atoms with E-state index in [9.17, 15) is 10.1 Å². The maximum atomic E-state index is 10.6. The Hall–Kier alpha value is -1.66. The molecule has 0 heterocycles. The van der Waals surface area contributed by atoms with Gasteiger partial charge in [0.15, 0.2) is 6.29 Å². The fraction of sp³-hybridized carbons (Fsp3) is 0.455. The summed E-state index contributed by atoms with van der Waals surface area (Å²) < 4.78 is 10.0. The highest BCUT2D eigenvalue weighted by Crippen LogP contribution is 2.21. The Morgan fingerprint density at radius 1 is 1.41 bits per heavy atom. The van der Waals surface area contributed by atoms with E-state index >= 15 is 0 Å². The van der Waals surface area contributed by atoms with Gasteiger partial charge < -0.3 is 14.8 Å². The van der Waals surface area contributed by atoms with Crippen LogP contribution in [0, 0.1) is 17.0 Å². The zero-order valence-corrected chi connectivity index (χ0v) is 10.1. The Morgan fingerprint density at radius 3 is 2.59 bits per heavy atom. The van der Waals surface area contributed by atoms with E-state index in [-0.39, 0.29) is 12.0 Å². The molecule has 0 aromatic heterocycles. The summed E-state index contributed by atoms with van der Waals surface area (Å²) in [6.45, 7) is 2.30. The van der Waals surface area contributed by atoms with E-state index in [1.165, 1.54) is 26.4 Å². The number of rotatable bonds is 6. The van der Waals surface area contributed by atoms with Crippen LogP contribution in [0.1, 0.15) is 5.56 Å². The molecule has 0 aliphatic carbocycles. The summed E-state index contributed by atoms with van der Waals surface area (Å²) in [4.78, 5) is 10.2. The summed E-state index contributed by atoms with van der Waals surface area (Å²) in [5, 5.41) is 13.7. The number of nitrogens with zero attached hydrogens (tertiary/aromatic N) is 1. The molecular weight excluding hydrogens is 224 g/mol. The van der Waals surface area contributed by atoms with Gasteiger partial charge in [-0.15, -0.1) is 0 Å². The van der Waals surface area contributed by atoms with Crippen molar-refractivity contribution in [3.05, 3.63) is 33.9 Å². The lowest BCUT2D eigenvalue weighted by molar-refractivity contribution is -0.384. The van der Waals surface area contributed by atoms with Crippen LogP contribution in [-0.4, -0.2) is 32.0 Å². The number of benzene rings is 1. The van der Waals surface area contributed by atoms with Gasteiger partial charge in [-0.25, -0.2) is 0 Å². The van der Waals surface area contributed by atoms with Gasteiger partial charge in [0.2, 0.25) is 0 Å². The monoisotopic (exact) mass is 240 g/mol. The molecule has 0 aliphatic heterocycles. The SMILES string of the molecule is COC(CNc1cc([N+](=O)[O-])ccc1C)OC. The molecule has 1 rings (SSSR count). The maximum Gasteiger partial charge on any atom is 0.271 e. The fourth-order valence-corrected chi connectivity index (χ4v) is 1.37. The van der Waals surface area contributed by atoms with E-state index in [2.05, 4.69) is 5.32 Å². The Bertz CT molecular complexity index is 391. The van der Waals surface area contributed by atoms with Gasteiger partial charge in [-0.1, -0.05) is 6.07 Å². The summed E-state index contributed by atoms with van der Waals surface area (Å²) in [5.74, 6) is 0. The first-order valence-corrected chi connectivity index (χ1v) is 5.13. The average molecular weight is 240 g/mol. The van der Waals surface area contributed by atoms with Crippen LogP contribution in [0.25, 0.3) is 0 Å². The number of methoxy groups -OCH3 is 2. The van der Waals surface area contributed by atoms with E-state index in [1.807, 2.05) is 6.92 Å². The van der Waals surface area contributed by atoms with Crippen molar-refractivity contribution in [3.63, 3.8) is 0 Å². The van der Waals surface area contributed by atoms with Gasteiger partial charge in [0.05, 0.1) is 11.5 Å². The molecule has 0 saturated heterocycles. The predicted octanol–water partition coefficient (Wildman–Crippen LogP) is 1.93. The molecule has 0 spiro atoms. The van der Waals surface area contributed by atoms with Crippen LogP contribution in [0.15, 0.2) is 18.2 Å². The molecular formula is C11H16N2O4. The molecule has 1 aromatic rings. The largest absolute Gasteiger partial charge is 0.380 e. The highest BCUT2D eigenvalue weighted by atomic mass is 16.7. The first kappa shape index (κ1) is 13.4. The molecule has 0 saturated carbocycles. The van der Waals surface area contributed by atoms with Gasteiger partial charge in [-0.2, -0.15) is 0 Å². The minimum absolute atomic E-state index is 0.0597. The fourth-order valence-electron chi connectivity index (χ4n) is 1.37. The van der Waals surface area contributed by atoms with Gasteiger partial charge in [-0.05, 0) is 12.5 Å². The number of aryl methyl sites for hydroxylation is 1. The van der Waals surface area contributed by atoms with Gasteiger partial charge in [0.1, 0.15) is 0 Å². The van der Waals surface area contributed by atoms with Gasteiger partial charge in [-0.3, -0.25) is 10.1 Å². The Balaban J connectivity index is 2.75. The minimum atomic E-state index is -0.422. The highest BCUT2D eigenvalue weighted by Gasteiger charge is 2.10. The van der Waals surface area contributed by atoms with Crippen LogP contribution in [-0.2, 0) is 9.47 Å². The highest BCUT2D eigenvalue weighted by molar-refractivity contribution is 5.56. The summed E-state index contributed by atoms with van der Waals surface area (Å²) in [5.41, 5.74) is 1.70. The quantitative estimate of drug-likeness (QED) is 0.467. The second kappa shape index (κ2) is 6.17. The number of ether oxygens (including phenoxy) is 2. The molecule has 6 heteroatoms. The molecule has 1 aromatic carbocycles. The van der Waals surface area contributed by atoms with Crippen molar-refractivity contribution in [1.29, 1.82) is 0 Å². The van der Waals surface area contributed by atoms with Crippen LogP contribution >= 0.6 is 0 Å². The van der Waals surface area contributed by atoms with E-state index in [0.29, 0.717) is 12.2 Å². The average Bonchev–Trinajstić information content (AvgIpc) is 2.32. The van der Waals surface area contributed by atoms with Crippen molar-refractivity contribution in [1.82, 2.24) is 0 Å². The number of nitrogens with one attached hydrogen (secondary N) is 1. The first-order chi connectivity index (χ1) is 8.08. The summed E-state index contributed by atoms with van der Waals surface area (Å²) in [6, 6.07) is 4.68. The molecule has 17 heavy (non-hydrogen) atoms. The number of anilines is 1. The summed E-state index contributed by atoms with van der Waals surface area (Å²) in [6.07, 6.45) is -0.381. The van der Waals surface area contributed by atoms with Crippen molar-refractivity contribution in [2.75, 3.05) is 26.1 Å². The van der Waals surface area contributed by atoms with Crippen molar-refractivity contribution in [2.45, 2.75) is 13.2 Å². The van der Waals surface area contributed by atoms with E-state index < -0.39 is 4.92 Å². The Kier molecular flexibility index (Phi) is 4.86. The van der Waals surface area contributed by atoms with E-state index in [1.54, 1.807) is 6.07 Å². The lowest BCUT2D eigenvalue weighted by atomic mass is 10.2. The maximum absolute atomic E-state index is 10.6. The minimum Gasteiger partial charge on any atom is -0.380 e. The second-order valence-electron chi connectivity index (χ2n) is 3.54. The van der Waals surface area contributed by atoms with E-state index in [4.69, 9.17) is 9.47 Å². The standard InChI is InChI=1S/C11H16N2O4/c1-8-4-5-9(13(14)15)6-10(8)12-7-11(16-2)17-3/h4-6,11-12H,7H2,1-3H3. The van der Waals surface area contributed by atoms with Crippen LogP contribution in [0.4, 0.5) is 11.4 Å². The normalized spacial score (nSPS) is 10.6. The molecule has 0 aliphatic rings. The zero-order valence-electron chi connectivity index (χ0n) is 10.1. The van der Waals surface area contributed by atoms with Crippen molar-refractivity contribution in [2.24, 2.45) is 0 Å². The topological polar surface area (TPSA) is 73.6 Å². The van der Waals surface area contributed by atoms with Crippen LogP contribution < -0.4 is 5.32 Å². The third-order valence-corrected chi connectivity index (χ3v) is 2.42. The third kappa shape index (κ3) is 3.69. The summed E-state index contributed by atoms with van der Waals surface area (Å²) >= 11 is 0. The number of nitro groups is 1. The lowest BCUT2D eigenvalue weighted by Crippen LogP contribution is -2.23. The van der Waals surface area contributed by atoms with Gasteiger partial charge >= 0.3 is 0 Å². The molecule has 1 N–H and O–H groups in total. The van der Waals surface area contributed by atoms with Crippen LogP contribution in [0.5, 0.6) is 0 Å². The first-order valence-electron chi connectivity index (χ1n) is 5.13. The Labute approximate surface area is 99.7 Å². The Morgan fingerprint density at radius 2 is 2.06 bits per heavy atom. The second-order valence-corrected chi connectivity index (χ2v) is 3.54. The summed E-state index contributed by atoms with van der Waals surface area (Å²) in [7, 11) is 3.08. The molecule has 0 atom stereocenters. The molecule has 94 valence electrons. The van der Waals surface area contributed by atoms with E-state index in [0.717, 1.165) is 5.56 Å². The predicted molar refractivity (Wildman–Crippen MR) is 64.1 cm³/mol. The molecule has 0 radical (unpaired) electrons. The number of hydrogen-bond donors (Lipinski definition) is 1. The van der Waals surface area contributed by atoms with Crippen molar-refractivity contribution in [3.8, 4) is 0 Å². The number of hydrogen-bond acceptors (Lipinski definition) is 5. The molecule has 0 unspecified atom stereocenters. The van der Waals surface area contributed by atoms with Crippen molar-refractivity contribution >= 4 is 11.4 Å². The zero-order chi connectivity index (χ0) is 12.8. The number of non-ortho nitro benzene ring substituents is 1. The third-order valence-electron chi connectivity index (χ3n) is 2.42. The van der Waals surface area contributed by atoms with Gasteiger partial charge in [0, 0.05) is 32.0 Å². The smallest absolute Gasteiger partial charge is 0.271 e. The lowest BCUT2D eigenvalue weighted by Gasteiger charge is -2.15. The molecule has 6 nitrogen and oxygen atoms in total. The number of nitro benzene ring substituents is 1. The van der Waals surface area contributed by atoms with Crippen LogP contribution in [0.2, 0.25) is 0 Å². The molecule has 0 amide bonds. The van der Waals surface area contributed by atoms with Crippen LogP contribution in [0.3, 0.4) is 0 Å². The van der Waals surface area contributed by atoms with Crippen molar-refractivity contribution < 1.29 is 14.4 Å². The molecule has 0 fully saturated rings.